The third kappa shape index (κ3) is 3.28. The lowest BCUT2D eigenvalue weighted by Gasteiger charge is -2.39. The summed E-state index contributed by atoms with van der Waals surface area (Å²) < 4.78 is 31.1. The summed E-state index contributed by atoms with van der Waals surface area (Å²) in [6.07, 6.45) is 0. The Bertz CT molecular complexity index is 861. The summed E-state index contributed by atoms with van der Waals surface area (Å²) >= 11 is 0. The first-order chi connectivity index (χ1) is 12.2. The Morgan fingerprint density at radius 1 is 1.12 bits per heavy atom. The predicted molar refractivity (Wildman–Crippen MR) is 102 cm³/mol. The van der Waals surface area contributed by atoms with Gasteiger partial charge in [0.2, 0.25) is 0 Å². The predicted octanol–water partition coefficient (Wildman–Crippen LogP) is 2.54. The first kappa shape index (κ1) is 19.0. The fourth-order valence-electron chi connectivity index (χ4n) is 3.23. The molecule has 0 unspecified atom stereocenters. The van der Waals surface area contributed by atoms with Gasteiger partial charge in [0.1, 0.15) is 5.82 Å². The van der Waals surface area contributed by atoms with Crippen molar-refractivity contribution in [3.8, 4) is 11.4 Å². The fraction of sp³-hybridized carbons (Fsp3) is 0.556. The molecule has 1 aliphatic rings. The van der Waals surface area contributed by atoms with Gasteiger partial charge in [0, 0.05) is 25.2 Å². The topological polar surface area (TPSA) is 71.3 Å². The summed E-state index contributed by atoms with van der Waals surface area (Å²) in [6.45, 7) is 8.70. The SMILES string of the molecule is CC(C)[C@H]1c2nc(-c3ccccc3)nn2CCN1S(=O)(=O)N(C)C(C)C. The summed E-state index contributed by atoms with van der Waals surface area (Å²) in [5, 5.41) is 4.62. The Labute approximate surface area is 155 Å². The van der Waals surface area contributed by atoms with Crippen LogP contribution >= 0.6 is 0 Å². The van der Waals surface area contributed by atoms with E-state index in [4.69, 9.17) is 4.98 Å². The van der Waals surface area contributed by atoms with Crippen molar-refractivity contribution in [1.82, 2.24) is 23.4 Å². The van der Waals surface area contributed by atoms with Gasteiger partial charge in [0.25, 0.3) is 10.2 Å². The van der Waals surface area contributed by atoms with Gasteiger partial charge in [-0.3, -0.25) is 0 Å². The van der Waals surface area contributed by atoms with Crippen molar-refractivity contribution >= 4 is 10.2 Å². The lowest BCUT2D eigenvalue weighted by molar-refractivity contribution is 0.187. The van der Waals surface area contributed by atoms with Crippen molar-refractivity contribution in [1.29, 1.82) is 0 Å². The second-order valence-corrected chi connectivity index (χ2v) is 9.24. The van der Waals surface area contributed by atoms with Gasteiger partial charge < -0.3 is 0 Å². The number of benzene rings is 1. The van der Waals surface area contributed by atoms with E-state index in [0.717, 1.165) is 5.56 Å². The molecular formula is C18H27N5O2S. The average Bonchev–Trinajstić information content (AvgIpc) is 3.04. The van der Waals surface area contributed by atoms with Crippen molar-refractivity contribution < 1.29 is 8.42 Å². The Morgan fingerprint density at radius 3 is 2.35 bits per heavy atom. The van der Waals surface area contributed by atoms with Crippen LogP contribution in [0.25, 0.3) is 11.4 Å². The summed E-state index contributed by atoms with van der Waals surface area (Å²) in [5.41, 5.74) is 0.936. The highest BCUT2D eigenvalue weighted by Crippen LogP contribution is 2.35. The van der Waals surface area contributed by atoms with Crippen molar-refractivity contribution in [3.63, 3.8) is 0 Å². The molecule has 3 rings (SSSR count). The molecule has 142 valence electrons. The van der Waals surface area contributed by atoms with E-state index in [1.807, 2.05) is 62.7 Å². The van der Waals surface area contributed by atoms with Gasteiger partial charge in [-0.15, -0.1) is 0 Å². The van der Waals surface area contributed by atoms with Gasteiger partial charge in [-0.2, -0.15) is 22.1 Å². The molecular weight excluding hydrogens is 350 g/mol. The highest BCUT2D eigenvalue weighted by Gasteiger charge is 2.41. The van der Waals surface area contributed by atoms with Gasteiger partial charge in [0.15, 0.2) is 5.82 Å². The normalized spacial score (nSPS) is 18.7. The number of hydrogen-bond acceptors (Lipinski definition) is 4. The second-order valence-electron chi connectivity index (χ2n) is 7.30. The van der Waals surface area contributed by atoms with E-state index < -0.39 is 10.2 Å². The Balaban J connectivity index is 2.03. The zero-order valence-electron chi connectivity index (χ0n) is 16.0. The molecule has 1 aliphatic heterocycles. The van der Waals surface area contributed by atoms with E-state index in [2.05, 4.69) is 5.10 Å². The number of fused-ring (bicyclic) bond motifs is 1. The first-order valence-electron chi connectivity index (χ1n) is 8.98. The van der Waals surface area contributed by atoms with Crippen LogP contribution in [-0.2, 0) is 16.8 Å². The van der Waals surface area contributed by atoms with Crippen LogP contribution in [0.5, 0.6) is 0 Å². The molecule has 0 radical (unpaired) electrons. The zero-order valence-corrected chi connectivity index (χ0v) is 16.8. The van der Waals surface area contributed by atoms with Crippen LogP contribution in [0.4, 0.5) is 0 Å². The van der Waals surface area contributed by atoms with E-state index in [-0.39, 0.29) is 18.0 Å². The Morgan fingerprint density at radius 2 is 1.77 bits per heavy atom. The standard InChI is InChI=1S/C18H27N5O2S/c1-13(2)16-18-19-17(15-9-7-6-8-10-15)20-22(18)11-12-23(16)26(24,25)21(5)14(3)4/h6-10,13-14,16H,11-12H2,1-5H3/t16-/m0/s1. The molecule has 26 heavy (non-hydrogen) atoms. The molecule has 0 N–H and O–H groups in total. The van der Waals surface area contributed by atoms with Gasteiger partial charge in [-0.1, -0.05) is 44.2 Å². The molecule has 0 fully saturated rings. The van der Waals surface area contributed by atoms with Crippen LogP contribution in [0.3, 0.4) is 0 Å². The third-order valence-corrected chi connectivity index (χ3v) is 7.01. The lowest BCUT2D eigenvalue weighted by atomic mass is 10.0. The molecule has 0 amide bonds. The number of rotatable bonds is 5. The minimum absolute atomic E-state index is 0.0808. The smallest absolute Gasteiger partial charge is 0.246 e. The van der Waals surface area contributed by atoms with E-state index in [0.29, 0.717) is 24.7 Å². The Hall–Kier alpha value is -1.77. The van der Waals surface area contributed by atoms with E-state index in [9.17, 15) is 8.42 Å². The molecule has 0 saturated carbocycles. The summed E-state index contributed by atoms with van der Waals surface area (Å²) in [4.78, 5) is 4.72. The van der Waals surface area contributed by atoms with Crippen molar-refractivity contribution in [2.45, 2.75) is 46.3 Å². The van der Waals surface area contributed by atoms with Crippen LogP contribution < -0.4 is 0 Å². The third-order valence-electron chi connectivity index (χ3n) is 4.86. The number of nitrogens with zero attached hydrogens (tertiary/aromatic N) is 5. The van der Waals surface area contributed by atoms with Crippen molar-refractivity contribution in [2.75, 3.05) is 13.6 Å². The molecule has 0 spiro atoms. The maximum atomic E-state index is 13.1. The molecule has 0 bridgehead atoms. The molecule has 1 atom stereocenters. The highest BCUT2D eigenvalue weighted by molar-refractivity contribution is 7.86. The van der Waals surface area contributed by atoms with Crippen LogP contribution in [0.1, 0.15) is 39.6 Å². The average molecular weight is 378 g/mol. The molecule has 7 nitrogen and oxygen atoms in total. The molecule has 1 aromatic carbocycles. The highest BCUT2D eigenvalue weighted by atomic mass is 32.2. The molecule has 8 heteroatoms. The fourth-order valence-corrected chi connectivity index (χ4v) is 5.03. The minimum atomic E-state index is -3.57. The molecule has 2 heterocycles. The van der Waals surface area contributed by atoms with Gasteiger partial charge in [-0.05, 0) is 19.8 Å². The van der Waals surface area contributed by atoms with E-state index in [1.54, 1.807) is 11.4 Å². The second kappa shape index (κ2) is 7.09. The van der Waals surface area contributed by atoms with Gasteiger partial charge in [-0.25, -0.2) is 9.67 Å². The van der Waals surface area contributed by atoms with Gasteiger partial charge >= 0.3 is 0 Å². The summed E-state index contributed by atoms with van der Waals surface area (Å²) in [7, 11) is -1.94. The molecule has 1 aromatic heterocycles. The maximum Gasteiger partial charge on any atom is 0.282 e. The molecule has 0 aliphatic carbocycles. The summed E-state index contributed by atoms with van der Waals surface area (Å²) in [6, 6.07) is 9.34. The van der Waals surface area contributed by atoms with Crippen molar-refractivity contribution in [3.05, 3.63) is 36.2 Å². The largest absolute Gasteiger partial charge is 0.282 e. The quantitative estimate of drug-likeness (QED) is 0.803. The maximum absolute atomic E-state index is 13.1. The minimum Gasteiger partial charge on any atom is -0.246 e. The molecule has 0 saturated heterocycles. The van der Waals surface area contributed by atoms with Gasteiger partial charge in [0.05, 0.1) is 12.6 Å². The van der Waals surface area contributed by atoms with Crippen LogP contribution in [0.15, 0.2) is 30.3 Å². The van der Waals surface area contributed by atoms with Crippen molar-refractivity contribution in [2.24, 2.45) is 5.92 Å². The summed E-state index contributed by atoms with van der Waals surface area (Å²) in [5.74, 6) is 1.44. The number of hydrogen-bond donors (Lipinski definition) is 0. The van der Waals surface area contributed by atoms with Crippen LogP contribution in [0.2, 0.25) is 0 Å². The first-order valence-corrected chi connectivity index (χ1v) is 10.4. The van der Waals surface area contributed by atoms with E-state index >= 15 is 0 Å². The Kier molecular flexibility index (Phi) is 5.18. The monoisotopic (exact) mass is 377 g/mol. The zero-order chi connectivity index (χ0) is 19.1. The van der Waals surface area contributed by atoms with Crippen LogP contribution in [-0.4, -0.2) is 51.4 Å². The molecule has 2 aromatic rings. The number of aromatic nitrogens is 3. The van der Waals surface area contributed by atoms with Crippen LogP contribution in [0, 0.1) is 5.92 Å². The van der Waals surface area contributed by atoms with E-state index in [1.165, 1.54) is 4.31 Å². The lowest BCUT2D eigenvalue weighted by Crippen LogP contribution is -2.51.